The summed E-state index contributed by atoms with van der Waals surface area (Å²) in [7, 11) is 0. The first-order chi connectivity index (χ1) is 14.3. The molecule has 0 spiro atoms. The predicted octanol–water partition coefficient (Wildman–Crippen LogP) is 4.44. The summed E-state index contributed by atoms with van der Waals surface area (Å²) < 4.78 is 3.55. The molecule has 6 nitrogen and oxygen atoms in total. The lowest BCUT2D eigenvalue weighted by Crippen LogP contribution is -2.15. The lowest BCUT2D eigenvalue weighted by Gasteiger charge is -2.06. The van der Waals surface area contributed by atoms with E-state index in [9.17, 15) is 4.79 Å². The fraction of sp³-hybridized carbons (Fsp3) is 0. The van der Waals surface area contributed by atoms with E-state index in [-0.39, 0.29) is 5.91 Å². The highest BCUT2D eigenvalue weighted by Crippen LogP contribution is 2.28. The van der Waals surface area contributed by atoms with Gasteiger partial charge in [-0.15, -0.1) is 0 Å². The Hall–Kier alpha value is -4.19. The third-order valence-electron chi connectivity index (χ3n) is 4.65. The molecule has 5 rings (SSSR count). The molecule has 0 radical (unpaired) electrons. The topological polar surface area (TPSA) is 64.2 Å². The highest BCUT2D eigenvalue weighted by molar-refractivity contribution is 6.04. The number of carbonyl (C=O) groups excluding carboxylic acids is 1. The average Bonchev–Trinajstić information content (AvgIpc) is 3.41. The Morgan fingerprint density at radius 2 is 1.52 bits per heavy atom. The number of rotatable bonds is 4. The highest BCUT2D eigenvalue weighted by atomic mass is 16.2. The molecule has 1 N–H and O–H groups in total. The van der Waals surface area contributed by atoms with E-state index >= 15 is 0 Å². The Morgan fingerprint density at radius 3 is 2.31 bits per heavy atom. The molecule has 29 heavy (non-hydrogen) atoms. The number of nitrogens with zero attached hydrogens (tertiary/aromatic N) is 4. The van der Waals surface area contributed by atoms with Crippen LogP contribution in [0.25, 0.3) is 22.6 Å². The molecule has 0 aliphatic carbocycles. The molecule has 0 unspecified atom stereocenters. The molecule has 0 atom stereocenters. The van der Waals surface area contributed by atoms with Crippen LogP contribution in [0.15, 0.2) is 97.3 Å². The molecule has 3 aromatic heterocycles. The zero-order chi connectivity index (χ0) is 19.6. The Kier molecular flexibility index (Phi) is 4.14. The molecule has 0 saturated carbocycles. The number of nitrogens with one attached hydrogen (secondary N) is 1. The summed E-state index contributed by atoms with van der Waals surface area (Å²) in [6, 6.07) is 26.9. The second-order valence-corrected chi connectivity index (χ2v) is 6.54. The molecule has 2 aromatic carbocycles. The minimum atomic E-state index is -0.289. The number of para-hydroxylation sites is 1. The zero-order valence-electron chi connectivity index (χ0n) is 15.4. The van der Waals surface area contributed by atoms with Crippen LogP contribution in [0.5, 0.6) is 0 Å². The maximum absolute atomic E-state index is 13.0. The van der Waals surface area contributed by atoms with Crippen LogP contribution in [0, 0.1) is 0 Å². The average molecular weight is 379 g/mol. The molecule has 5 aromatic rings. The van der Waals surface area contributed by atoms with E-state index in [1.807, 2.05) is 89.5 Å². The van der Waals surface area contributed by atoms with Gasteiger partial charge in [0.15, 0.2) is 5.69 Å². The summed E-state index contributed by atoms with van der Waals surface area (Å²) in [6.07, 6.45) is 3.66. The predicted molar refractivity (Wildman–Crippen MR) is 112 cm³/mol. The van der Waals surface area contributed by atoms with Gasteiger partial charge in [0.1, 0.15) is 17.2 Å². The Balaban J connectivity index is 1.52. The van der Waals surface area contributed by atoms with Gasteiger partial charge in [-0.1, -0.05) is 54.6 Å². The van der Waals surface area contributed by atoms with Crippen molar-refractivity contribution in [1.29, 1.82) is 0 Å². The fourth-order valence-electron chi connectivity index (χ4n) is 3.25. The van der Waals surface area contributed by atoms with Gasteiger partial charge in [-0.2, -0.15) is 5.10 Å². The molecular formula is C23H17N5O. The van der Waals surface area contributed by atoms with E-state index < -0.39 is 0 Å². The van der Waals surface area contributed by atoms with Crippen molar-refractivity contribution in [3.63, 3.8) is 0 Å². The van der Waals surface area contributed by atoms with Gasteiger partial charge in [0.25, 0.3) is 5.91 Å². The minimum Gasteiger partial charge on any atom is -0.304 e. The molecular weight excluding hydrogens is 362 g/mol. The molecule has 0 aliphatic rings. The van der Waals surface area contributed by atoms with Crippen molar-refractivity contribution in [2.45, 2.75) is 0 Å². The number of anilines is 1. The van der Waals surface area contributed by atoms with E-state index in [1.165, 1.54) is 0 Å². The van der Waals surface area contributed by atoms with Crippen molar-refractivity contribution < 1.29 is 4.79 Å². The van der Waals surface area contributed by atoms with Crippen LogP contribution in [0.4, 0.5) is 5.82 Å². The van der Waals surface area contributed by atoms with E-state index in [1.54, 1.807) is 16.9 Å². The summed E-state index contributed by atoms with van der Waals surface area (Å²) in [5.41, 5.74) is 3.63. The van der Waals surface area contributed by atoms with E-state index in [0.29, 0.717) is 17.2 Å². The van der Waals surface area contributed by atoms with Crippen LogP contribution in [0.1, 0.15) is 10.5 Å². The van der Waals surface area contributed by atoms with E-state index in [2.05, 4.69) is 10.4 Å². The van der Waals surface area contributed by atoms with E-state index in [0.717, 1.165) is 16.9 Å². The molecule has 0 fully saturated rings. The van der Waals surface area contributed by atoms with Crippen LogP contribution in [0.2, 0.25) is 0 Å². The first kappa shape index (κ1) is 16.9. The smallest absolute Gasteiger partial charge is 0.277 e. The van der Waals surface area contributed by atoms with Crippen LogP contribution >= 0.6 is 0 Å². The number of fused-ring (bicyclic) bond motifs is 1. The summed E-state index contributed by atoms with van der Waals surface area (Å²) >= 11 is 0. The van der Waals surface area contributed by atoms with Crippen LogP contribution < -0.4 is 5.32 Å². The number of imidazole rings is 1. The first-order valence-electron chi connectivity index (χ1n) is 9.24. The van der Waals surface area contributed by atoms with Gasteiger partial charge < -0.3 is 5.32 Å². The van der Waals surface area contributed by atoms with Gasteiger partial charge in [0, 0.05) is 18.0 Å². The molecule has 0 bridgehead atoms. The Morgan fingerprint density at radius 1 is 0.793 bits per heavy atom. The van der Waals surface area contributed by atoms with Gasteiger partial charge in [-0.3, -0.25) is 9.20 Å². The van der Waals surface area contributed by atoms with Gasteiger partial charge in [-0.05, 0) is 30.3 Å². The number of pyridine rings is 1. The summed E-state index contributed by atoms with van der Waals surface area (Å²) in [5.74, 6) is 0.327. The maximum atomic E-state index is 13.0. The Labute approximate surface area is 167 Å². The van der Waals surface area contributed by atoms with Crippen molar-refractivity contribution in [3.05, 3.63) is 103 Å². The lowest BCUT2D eigenvalue weighted by molar-refractivity contribution is 0.102. The van der Waals surface area contributed by atoms with Crippen LogP contribution in [-0.2, 0) is 0 Å². The van der Waals surface area contributed by atoms with Crippen molar-refractivity contribution in [1.82, 2.24) is 19.2 Å². The van der Waals surface area contributed by atoms with Crippen molar-refractivity contribution in [3.8, 4) is 16.9 Å². The van der Waals surface area contributed by atoms with Crippen LogP contribution in [0.3, 0.4) is 0 Å². The van der Waals surface area contributed by atoms with Gasteiger partial charge >= 0.3 is 0 Å². The zero-order valence-corrected chi connectivity index (χ0v) is 15.4. The van der Waals surface area contributed by atoms with Gasteiger partial charge in [0.2, 0.25) is 0 Å². The highest BCUT2D eigenvalue weighted by Gasteiger charge is 2.18. The standard InChI is InChI=1S/C23H17N5O/c29-23(19-14-16-28(26-19)18-11-5-2-6-12-18)25-22-21(17-9-3-1-4-10-17)24-20-13-7-8-15-27(20)22/h1-16H,(H,25,29). The van der Waals surface area contributed by atoms with E-state index in [4.69, 9.17) is 4.98 Å². The second-order valence-electron chi connectivity index (χ2n) is 6.54. The van der Waals surface area contributed by atoms with Gasteiger partial charge in [0.05, 0.1) is 5.69 Å². The fourth-order valence-corrected chi connectivity index (χ4v) is 3.25. The summed E-state index contributed by atoms with van der Waals surface area (Å²) in [6.45, 7) is 0. The van der Waals surface area contributed by atoms with Crippen molar-refractivity contribution >= 4 is 17.4 Å². The van der Waals surface area contributed by atoms with Crippen molar-refractivity contribution in [2.75, 3.05) is 5.32 Å². The quantitative estimate of drug-likeness (QED) is 0.502. The largest absolute Gasteiger partial charge is 0.304 e. The summed E-state index contributed by atoms with van der Waals surface area (Å²) in [4.78, 5) is 17.7. The molecule has 0 saturated heterocycles. The molecule has 6 heteroatoms. The SMILES string of the molecule is O=C(Nc1c(-c2ccccc2)nc2ccccn12)c1ccn(-c2ccccc2)n1. The van der Waals surface area contributed by atoms with Crippen molar-refractivity contribution in [2.24, 2.45) is 0 Å². The number of carbonyl (C=O) groups is 1. The molecule has 3 heterocycles. The molecule has 1 amide bonds. The number of amides is 1. The third-order valence-corrected chi connectivity index (χ3v) is 4.65. The van der Waals surface area contributed by atoms with Crippen LogP contribution in [-0.4, -0.2) is 25.1 Å². The number of hydrogen-bond acceptors (Lipinski definition) is 3. The van der Waals surface area contributed by atoms with Gasteiger partial charge in [-0.25, -0.2) is 9.67 Å². The monoisotopic (exact) mass is 379 g/mol. The molecule has 140 valence electrons. The summed E-state index contributed by atoms with van der Waals surface area (Å²) in [5, 5.41) is 7.42. The minimum absolute atomic E-state index is 0.289. The first-order valence-corrected chi connectivity index (χ1v) is 9.24. The maximum Gasteiger partial charge on any atom is 0.277 e. The third kappa shape index (κ3) is 3.17. The lowest BCUT2D eigenvalue weighted by atomic mass is 10.1. The number of aromatic nitrogens is 4. The Bertz CT molecular complexity index is 1290. The second kappa shape index (κ2) is 7.09. The number of hydrogen-bond donors (Lipinski definition) is 1. The molecule has 0 aliphatic heterocycles. The number of benzene rings is 2. The normalized spacial score (nSPS) is 10.9.